The molecule has 1 rings (SSSR count). The van der Waals surface area contributed by atoms with Crippen LogP contribution in [0.3, 0.4) is 0 Å². The number of benzene rings is 1. The molecule has 0 saturated heterocycles. The number of esters is 1. The van der Waals surface area contributed by atoms with E-state index in [9.17, 15) is 35.9 Å². The maximum Gasteiger partial charge on any atom is 0.491 e. The van der Waals surface area contributed by atoms with Crippen molar-refractivity contribution < 1.29 is 40.7 Å². The number of carbonyl (C=O) groups is 2. The van der Waals surface area contributed by atoms with Crippen molar-refractivity contribution in [2.24, 2.45) is 0 Å². The molecule has 1 N–H and O–H groups in total. The van der Waals surface area contributed by atoms with Gasteiger partial charge in [0.2, 0.25) is 0 Å². The van der Waals surface area contributed by atoms with Crippen LogP contribution in [-0.2, 0) is 9.59 Å². The van der Waals surface area contributed by atoms with E-state index in [1.165, 1.54) is 5.32 Å². The molecule has 0 aliphatic carbocycles. The molecule has 0 aliphatic rings. The molecule has 110 valence electrons. The Morgan fingerprint density at radius 2 is 1.40 bits per heavy atom. The van der Waals surface area contributed by atoms with Gasteiger partial charge >= 0.3 is 24.2 Å². The SMILES string of the molecule is O=C(Nc1ccc(OC(=O)C(F)(F)F)cc1)C(F)(F)F. The molecule has 0 heterocycles. The molecule has 0 atom stereocenters. The van der Waals surface area contributed by atoms with Gasteiger partial charge in [0.15, 0.2) is 0 Å². The standard InChI is InChI=1S/C10H5F6NO3/c11-9(12,13)7(18)17-5-1-3-6(4-2-5)20-8(19)10(14,15)16/h1-4H,(H,17,18). The molecule has 1 aromatic carbocycles. The van der Waals surface area contributed by atoms with Gasteiger partial charge in [0.05, 0.1) is 0 Å². The summed E-state index contributed by atoms with van der Waals surface area (Å²) in [5.41, 5.74) is -0.320. The molecule has 20 heavy (non-hydrogen) atoms. The Kier molecular flexibility index (Phi) is 4.26. The van der Waals surface area contributed by atoms with E-state index in [0.717, 1.165) is 24.3 Å². The van der Waals surface area contributed by atoms with Gasteiger partial charge < -0.3 is 10.1 Å². The Hall–Kier alpha value is -2.26. The second-order valence-corrected chi connectivity index (χ2v) is 3.36. The summed E-state index contributed by atoms with van der Waals surface area (Å²) >= 11 is 0. The summed E-state index contributed by atoms with van der Waals surface area (Å²) < 4.78 is 75.2. The lowest BCUT2D eigenvalue weighted by atomic mass is 10.3. The van der Waals surface area contributed by atoms with Crippen LogP contribution in [0.2, 0.25) is 0 Å². The first-order valence-electron chi connectivity index (χ1n) is 4.77. The van der Waals surface area contributed by atoms with Gasteiger partial charge in [-0.05, 0) is 24.3 Å². The van der Waals surface area contributed by atoms with Gasteiger partial charge in [-0.15, -0.1) is 0 Å². The van der Waals surface area contributed by atoms with E-state index in [1.807, 2.05) is 0 Å². The lowest BCUT2D eigenvalue weighted by Crippen LogP contribution is -2.30. The first-order valence-corrected chi connectivity index (χ1v) is 4.77. The van der Waals surface area contributed by atoms with Gasteiger partial charge in [0, 0.05) is 5.69 Å². The normalized spacial score (nSPS) is 11.9. The molecule has 0 spiro atoms. The van der Waals surface area contributed by atoms with Gasteiger partial charge in [-0.1, -0.05) is 0 Å². The van der Waals surface area contributed by atoms with E-state index < -0.39 is 30.0 Å². The Balaban J connectivity index is 2.71. The third-order valence-electron chi connectivity index (χ3n) is 1.81. The van der Waals surface area contributed by atoms with Gasteiger partial charge in [-0.2, -0.15) is 26.3 Å². The van der Waals surface area contributed by atoms with E-state index >= 15 is 0 Å². The largest absolute Gasteiger partial charge is 0.491 e. The number of halogens is 6. The van der Waals surface area contributed by atoms with Crippen molar-refractivity contribution in [1.82, 2.24) is 0 Å². The zero-order chi connectivity index (χ0) is 15.6. The van der Waals surface area contributed by atoms with Crippen LogP contribution in [0.1, 0.15) is 0 Å². The van der Waals surface area contributed by atoms with Crippen LogP contribution in [0.4, 0.5) is 32.0 Å². The lowest BCUT2D eigenvalue weighted by molar-refractivity contribution is -0.189. The first kappa shape index (κ1) is 15.8. The molecule has 0 unspecified atom stereocenters. The van der Waals surface area contributed by atoms with Gasteiger partial charge in [0.25, 0.3) is 0 Å². The van der Waals surface area contributed by atoms with Crippen LogP contribution in [0.25, 0.3) is 0 Å². The minimum absolute atomic E-state index is 0.320. The highest BCUT2D eigenvalue weighted by Crippen LogP contribution is 2.23. The molecule has 0 aliphatic heterocycles. The second-order valence-electron chi connectivity index (χ2n) is 3.36. The van der Waals surface area contributed by atoms with E-state index in [0.29, 0.717) is 0 Å². The number of ether oxygens (including phenoxy) is 1. The molecule has 4 nitrogen and oxygen atoms in total. The molecule has 10 heteroatoms. The van der Waals surface area contributed by atoms with Gasteiger partial charge in [-0.3, -0.25) is 4.79 Å². The summed E-state index contributed by atoms with van der Waals surface area (Å²) in [6.45, 7) is 0. The molecule has 0 saturated carbocycles. The van der Waals surface area contributed by atoms with Gasteiger partial charge in [-0.25, -0.2) is 4.79 Å². The number of amides is 1. The van der Waals surface area contributed by atoms with Gasteiger partial charge in [0.1, 0.15) is 5.75 Å². The predicted molar refractivity (Wildman–Crippen MR) is 52.8 cm³/mol. The van der Waals surface area contributed by atoms with E-state index in [-0.39, 0.29) is 5.69 Å². The van der Waals surface area contributed by atoms with Crippen molar-refractivity contribution in [1.29, 1.82) is 0 Å². The summed E-state index contributed by atoms with van der Waals surface area (Å²) in [6.07, 6.45) is -10.3. The molecule has 0 radical (unpaired) electrons. The summed E-state index contributed by atoms with van der Waals surface area (Å²) in [7, 11) is 0. The maximum atomic E-state index is 11.9. The van der Waals surface area contributed by atoms with Crippen molar-refractivity contribution in [3.63, 3.8) is 0 Å². The minimum atomic E-state index is -5.19. The highest BCUT2D eigenvalue weighted by Gasteiger charge is 2.41. The quantitative estimate of drug-likeness (QED) is 0.519. The smallest absolute Gasteiger partial charge is 0.420 e. The lowest BCUT2D eigenvalue weighted by Gasteiger charge is -2.09. The topological polar surface area (TPSA) is 55.4 Å². The average Bonchev–Trinajstić information content (AvgIpc) is 2.29. The molecule has 0 bridgehead atoms. The number of nitrogens with one attached hydrogen (secondary N) is 1. The fraction of sp³-hybridized carbons (Fsp3) is 0.200. The fourth-order valence-electron chi connectivity index (χ4n) is 0.973. The van der Waals surface area contributed by atoms with Crippen molar-refractivity contribution in [2.45, 2.75) is 12.4 Å². The molecule has 0 fully saturated rings. The summed E-state index contributed by atoms with van der Waals surface area (Å²) in [4.78, 5) is 21.0. The van der Waals surface area contributed by atoms with E-state index in [2.05, 4.69) is 4.74 Å². The zero-order valence-electron chi connectivity index (χ0n) is 9.30. The third-order valence-corrected chi connectivity index (χ3v) is 1.81. The minimum Gasteiger partial charge on any atom is -0.420 e. The van der Waals surface area contributed by atoms with Crippen molar-refractivity contribution >= 4 is 17.6 Å². The Labute approximate surface area is 107 Å². The average molecular weight is 301 g/mol. The number of rotatable bonds is 2. The van der Waals surface area contributed by atoms with Crippen molar-refractivity contribution in [2.75, 3.05) is 5.32 Å². The van der Waals surface area contributed by atoms with Crippen LogP contribution < -0.4 is 10.1 Å². The molecule has 1 aromatic rings. The van der Waals surface area contributed by atoms with Crippen LogP contribution in [0, 0.1) is 0 Å². The van der Waals surface area contributed by atoms with Crippen molar-refractivity contribution in [3.05, 3.63) is 24.3 Å². The Morgan fingerprint density at radius 3 is 1.80 bits per heavy atom. The zero-order valence-corrected chi connectivity index (χ0v) is 9.30. The Bertz CT molecular complexity index is 458. The van der Waals surface area contributed by atoms with Crippen LogP contribution >= 0.6 is 0 Å². The predicted octanol–water partition coefficient (Wildman–Crippen LogP) is 2.66. The molecule has 0 aromatic heterocycles. The molecular weight excluding hydrogens is 296 g/mol. The molecular formula is C10H5F6NO3. The van der Waals surface area contributed by atoms with Crippen LogP contribution in [-0.4, -0.2) is 24.2 Å². The number of hydrogen-bond acceptors (Lipinski definition) is 3. The molecule has 1 amide bonds. The maximum absolute atomic E-state index is 11.9. The highest BCUT2D eigenvalue weighted by atomic mass is 19.4. The monoisotopic (exact) mass is 301 g/mol. The highest BCUT2D eigenvalue weighted by molar-refractivity contribution is 5.94. The summed E-state index contributed by atoms with van der Waals surface area (Å²) in [5, 5.41) is 1.47. The fourth-order valence-corrected chi connectivity index (χ4v) is 0.973. The van der Waals surface area contributed by atoms with Crippen molar-refractivity contribution in [3.8, 4) is 5.75 Å². The van der Waals surface area contributed by atoms with Crippen LogP contribution in [0.5, 0.6) is 5.75 Å². The first-order chi connectivity index (χ1) is 9.00. The van der Waals surface area contributed by atoms with E-state index in [1.54, 1.807) is 0 Å². The number of anilines is 1. The van der Waals surface area contributed by atoms with Crippen LogP contribution in [0.15, 0.2) is 24.3 Å². The Morgan fingerprint density at radius 1 is 0.900 bits per heavy atom. The number of carbonyl (C=O) groups excluding carboxylic acids is 2. The van der Waals surface area contributed by atoms with E-state index in [4.69, 9.17) is 0 Å². The number of hydrogen-bond donors (Lipinski definition) is 1. The third kappa shape index (κ3) is 4.44. The second kappa shape index (κ2) is 5.39. The summed E-state index contributed by atoms with van der Waals surface area (Å²) in [6, 6.07) is 3.30. The number of alkyl halides is 6. The summed E-state index contributed by atoms with van der Waals surface area (Å²) in [5.74, 6) is -5.24.